The number of benzene rings is 2. The molecule has 1 aliphatic heterocycles. The van der Waals surface area contributed by atoms with Crippen molar-refractivity contribution < 1.29 is 9.47 Å². The highest BCUT2D eigenvalue weighted by Gasteiger charge is 2.16. The van der Waals surface area contributed by atoms with Crippen molar-refractivity contribution in [3.8, 4) is 16.2 Å². The average molecular weight is 401 g/mol. The second kappa shape index (κ2) is 8.30. The molecule has 27 heavy (non-hydrogen) atoms. The Morgan fingerprint density at radius 3 is 2.78 bits per heavy atom. The van der Waals surface area contributed by atoms with Crippen LogP contribution in [0.4, 0.5) is 0 Å². The predicted octanol–water partition coefficient (Wildman–Crippen LogP) is 4.99. The van der Waals surface area contributed by atoms with Crippen molar-refractivity contribution in [1.29, 1.82) is 0 Å². The summed E-state index contributed by atoms with van der Waals surface area (Å²) < 4.78 is 12.2. The number of thiophene rings is 1. The van der Waals surface area contributed by atoms with Gasteiger partial charge in [-0.2, -0.15) is 0 Å². The Hall–Kier alpha value is -2.08. The van der Waals surface area contributed by atoms with E-state index in [0.717, 1.165) is 55.8 Å². The van der Waals surface area contributed by atoms with Crippen molar-refractivity contribution in [2.24, 2.45) is 4.99 Å². The van der Waals surface area contributed by atoms with Crippen molar-refractivity contribution >= 4 is 39.5 Å². The standard InChI is InChI=1S/C21H21ClN2O2S/c1-2-25-9-10-26-18-13-14-3-4-15(19-5-6-20(22)27-19)11-16(14)12-17(18)21-23-7-8-24-21/h3-6,11-13H,2,7-10H2,1H3,(H,23,24). The number of amidine groups is 1. The van der Waals surface area contributed by atoms with Crippen molar-refractivity contribution in [1.82, 2.24) is 5.32 Å². The van der Waals surface area contributed by atoms with Gasteiger partial charge in [-0.25, -0.2) is 0 Å². The molecule has 4 nitrogen and oxygen atoms in total. The van der Waals surface area contributed by atoms with Gasteiger partial charge in [0.15, 0.2) is 0 Å². The zero-order valence-electron chi connectivity index (χ0n) is 15.1. The first-order valence-electron chi connectivity index (χ1n) is 9.07. The van der Waals surface area contributed by atoms with E-state index in [1.807, 2.05) is 13.0 Å². The lowest BCUT2D eigenvalue weighted by atomic mass is 10.0. The number of halogens is 1. The summed E-state index contributed by atoms with van der Waals surface area (Å²) in [6.07, 6.45) is 0. The number of hydrogen-bond donors (Lipinski definition) is 1. The Morgan fingerprint density at radius 2 is 2.04 bits per heavy atom. The van der Waals surface area contributed by atoms with Gasteiger partial charge in [0.25, 0.3) is 0 Å². The van der Waals surface area contributed by atoms with Gasteiger partial charge >= 0.3 is 0 Å². The van der Waals surface area contributed by atoms with E-state index in [2.05, 4.69) is 46.7 Å². The summed E-state index contributed by atoms with van der Waals surface area (Å²) in [6, 6.07) is 14.7. The van der Waals surface area contributed by atoms with E-state index in [-0.39, 0.29) is 0 Å². The zero-order chi connectivity index (χ0) is 18.6. The lowest BCUT2D eigenvalue weighted by molar-refractivity contribution is 0.110. The Morgan fingerprint density at radius 1 is 1.11 bits per heavy atom. The van der Waals surface area contributed by atoms with E-state index in [1.165, 1.54) is 0 Å². The fourth-order valence-electron chi connectivity index (χ4n) is 3.14. The number of ether oxygens (including phenoxy) is 2. The van der Waals surface area contributed by atoms with E-state index in [1.54, 1.807) is 11.3 Å². The first-order chi connectivity index (χ1) is 13.2. The number of rotatable bonds is 7. The minimum Gasteiger partial charge on any atom is -0.490 e. The van der Waals surface area contributed by atoms with E-state index in [0.29, 0.717) is 19.8 Å². The third kappa shape index (κ3) is 4.10. The van der Waals surface area contributed by atoms with Gasteiger partial charge in [0.2, 0.25) is 0 Å². The third-order valence-corrected chi connectivity index (χ3v) is 5.70. The highest BCUT2D eigenvalue weighted by Crippen LogP contribution is 2.34. The van der Waals surface area contributed by atoms with Gasteiger partial charge in [-0.3, -0.25) is 4.99 Å². The molecule has 0 bridgehead atoms. The quantitative estimate of drug-likeness (QED) is 0.568. The Kier molecular flexibility index (Phi) is 5.62. The number of nitrogens with one attached hydrogen (secondary N) is 1. The van der Waals surface area contributed by atoms with Gasteiger partial charge in [0.1, 0.15) is 18.2 Å². The molecule has 0 amide bonds. The molecule has 140 valence electrons. The molecule has 0 fully saturated rings. The van der Waals surface area contributed by atoms with Gasteiger partial charge in [-0.05, 0) is 53.6 Å². The number of nitrogens with zero attached hydrogens (tertiary/aromatic N) is 1. The lowest BCUT2D eigenvalue weighted by Crippen LogP contribution is -2.20. The first kappa shape index (κ1) is 18.3. The largest absolute Gasteiger partial charge is 0.490 e. The summed E-state index contributed by atoms with van der Waals surface area (Å²) in [7, 11) is 0. The molecule has 2 heterocycles. The molecule has 0 radical (unpaired) electrons. The topological polar surface area (TPSA) is 42.9 Å². The molecule has 0 spiro atoms. The van der Waals surface area contributed by atoms with Gasteiger partial charge in [0.05, 0.1) is 23.1 Å². The summed E-state index contributed by atoms with van der Waals surface area (Å²) in [5, 5.41) is 5.64. The van der Waals surface area contributed by atoms with Crippen LogP contribution >= 0.6 is 22.9 Å². The molecular formula is C21H21ClN2O2S. The van der Waals surface area contributed by atoms with Gasteiger partial charge in [0, 0.05) is 18.0 Å². The third-order valence-electron chi connectivity index (χ3n) is 4.42. The molecule has 0 aliphatic carbocycles. The SMILES string of the molecule is CCOCCOc1cc2ccc(-c3ccc(Cl)s3)cc2cc1C1=NCCN1. The number of fused-ring (bicyclic) bond motifs is 1. The van der Waals surface area contributed by atoms with Crippen LogP contribution in [0.1, 0.15) is 12.5 Å². The molecule has 1 aliphatic rings. The molecule has 3 aromatic rings. The second-order valence-corrected chi connectivity index (χ2v) is 7.93. The van der Waals surface area contributed by atoms with Gasteiger partial charge in [-0.1, -0.05) is 23.7 Å². The van der Waals surface area contributed by atoms with Crippen molar-refractivity contribution in [2.75, 3.05) is 32.9 Å². The fourth-order valence-corrected chi connectivity index (χ4v) is 4.18. The maximum atomic E-state index is 6.10. The van der Waals surface area contributed by atoms with Crippen LogP contribution in [0.15, 0.2) is 47.5 Å². The molecule has 0 unspecified atom stereocenters. The molecular weight excluding hydrogens is 380 g/mol. The van der Waals surface area contributed by atoms with Crippen LogP contribution in [0.25, 0.3) is 21.2 Å². The van der Waals surface area contributed by atoms with Crippen LogP contribution in [0, 0.1) is 0 Å². The minimum absolute atomic E-state index is 0.519. The molecule has 0 saturated heterocycles. The van der Waals surface area contributed by atoms with E-state index < -0.39 is 0 Å². The van der Waals surface area contributed by atoms with Crippen molar-refractivity contribution in [3.63, 3.8) is 0 Å². The molecule has 0 atom stereocenters. The Bertz CT molecular complexity index is 983. The molecule has 1 aromatic heterocycles. The van der Waals surface area contributed by atoms with Crippen molar-refractivity contribution in [3.05, 3.63) is 52.4 Å². The first-order valence-corrected chi connectivity index (χ1v) is 10.3. The Labute approximate surface area is 167 Å². The average Bonchev–Trinajstić information content (AvgIpc) is 3.36. The predicted molar refractivity (Wildman–Crippen MR) is 114 cm³/mol. The highest BCUT2D eigenvalue weighted by atomic mass is 35.5. The van der Waals surface area contributed by atoms with Gasteiger partial charge in [-0.15, -0.1) is 11.3 Å². The molecule has 0 saturated carbocycles. The molecule has 2 aromatic carbocycles. The summed E-state index contributed by atoms with van der Waals surface area (Å²) in [4.78, 5) is 5.74. The van der Waals surface area contributed by atoms with Crippen LogP contribution in [-0.2, 0) is 4.74 Å². The number of aliphatic imine (C=N–C) groups is 1. The van der Waals surface area contributed by atoms with E-state index in [4.69, 9.17) is 21.1 Å². The molecule has 6 heteroatoms. The van der Waals surface area contributed by atoms with Gasteiger partial charge < -0.3 is 14.8 Å². The minimum atomic E-state index is 0.519. The van der Waals surface area contributed by atoms with Crippen LogP contribution < -0.4 is 10.1 Å². The van der Waals surface area contributed by atoms with Crippen molar-refractivity contribution in [2.45, 2.75) is 6.92 Å². The maximum absolute atomic E-state index is 6.10. The Balaban J connectivity index is 1.72. The van der Waals surface area contributed by atoms with Crippen LogP contribution in [0.2, 0.25) is 4.34 Å². The molecule has 4 rings (SSSR count). The zero-order valence-corrected chi connectivity index (χ0v) is 16.7. The smallest absolute Gasteiger partial charge is 0.132 e. The number of hydrogen-bond acceptors (Lipinski definition) is 5. The van der Waals surface area contributed by atoms with E-state index >= 15 is 0 Å². The monoisotopic (exact) mass is 400 g/mol. The van der Waals surface area contributed by atoms with Crippen LogP contribution in [0.3, 0.4) is 0 Å². The maximum Gasteiger partial charge on any atom is 0.132 e. The fraction of sp³-hybridized carbons (Fsp3) is 0.286. The van der Waals surface area contributed by atoms with Crippen LogP contribution in [-0.4, -0.2) is 38.7 Å². The van der Waals surface area contributed by atoms with Crippen LogP contribution in [0.5, 0.6) is 5.75 Å². The molecule has 1 N–H and O–H groups in total. The summed E-state index contributed by atoms with van der Waals surface area (Å²) in [5.74, 6) is 1.73. The highest BCUT2D eigenvalue weighted by molar-refractivity contribution is 7.19. The van der Waals surface area contributed by atoms with E-state index in [9.17, 15) is 0 Å². The summed E-state index contributed by atoms with van der Waals surface area (Å²) in [6.45, 7) is 5.42. The lowest BCUT2D eigenvalue weighted by Gasteiger charge is -2.14. The summed E-state index contributed by atoms with van der Waals surface area (Å²) in [5.41, 5.74) is 2.16. The normalized spacial score (nSPS) is 13.6. The summed E-state index contributed by atoms with van der Waals surface area (Å²) >= 11 is 7.69. The second-order valence-electron chi connectivity index (χ2n) is 6.22.